The number of ether oxygens (including phenoxy) is 4. The van der Waals surface area contributed by atoms with Crippen molar-refractivity contribution in [3.63, 3.8) is 0 Å². The number of rotatable bonds is 18. The number of aliphatic carboxylic acids is 1. The third kappa shape index (κ3) is 12.1. The van der Waals surface area contributed by atoms with E-state index < -0.39 is 18.2 Å². The molecule has 3 rings (SSSR count). The van der Waals surface area contributed by atoms with Crippen LogP contribution in [-0.4, -0.2) is 61.1 Å². The molecule has 3 aromatic rings. The first-order valence-electron chi connectivity index (χ1n) is 14.7. The fourth-order valence-corrected chi connectivity index (χ4v) is 4.29. The number of carbonyl (C=O) groups excluding carboxylic acids is 1. The second-order valence-corrected chi connectivity index (χ2v) is 10.4. The Morgan fingerprint density at radius 1 is 0.837 bits per heavy atom. The molecule has 0 fully saturated rings. The zero-order valence-electron chi connectivity index (χ0n) is 25.2. The van der Waals surface area contributed by atoms with Crippen LogP contribution in [-0.2, 0) is 27.3 Å². The zero-order chi connectivity index (χ0) is 31.0. The molecular formula is C34H42FNO7. The molecule has 232 valence electrons. The number of halogens is 1. The fraction of sp³-hybridized carbons (Fsp3) is 0.412. The van der Waals surface area contributed by atoms with Gasteiger partial charge in [0, 0.05) is 26.2 Å². The number of carbonyl (C=O) groups is 2. The van der Waals surface area contributed by atoms with Crippen LogP contribution >= 0.6 is 0 Å². The standard InChI is InChI=1S/C34H42FNO7/c1-4-41-32(33(37)38)23-26-9-15-30(16-10-26)42-22-20-36(34(39)43-31-17-11-28(12-18-31)25(2)3)19-5-6-21-40-24-27-7-13-29(35)14-8-27/h7-18,25,32H,4-6,19-24H2,1-3H3,(H,37,38). The molecular weight excluding hydrogens is 553 g/mol. The molecule has 3 aromatic carbocycles. The van der Waals surface area contributed by atoms with Crippen LogP contribution in [0.5, 0.6) is 11.5 Å². The number of carboxylic acids is 1. The maximum atomic E-state index is 13.1. The molecule has 9 heteroatoms. The summed E-state index contributed by atoms with van der Waals surface area (Å²) >= 11 is 0. The van der Waals surface area contributed by atoms with Gasteiger partial charge < -0.3 is 29.0 Å². The quantitative estimate of drug-likeness (QED) is 0.161. The highest BCUT2D eigenvalue weighted by Crippen LogP contribution is 2.20. The van der Waals surface area contributed by atoms with Crippen LogP contribution in [0.3, 0.4) is 0 Å². The summed E-state index contributed by atoms with van der Waals surface area (Å²) in [6, 6.07) is 20.9. The fourth-order valence-electron chi connectivity index (χ4n) is 4.29. The summed E-state index contributed by atoms with van der Waals surface area (Å²) in [5, 5.41) is 9.31. The van der Waals surface area contributed by atoms with Gasteiger partial charge in [-0.1, -0.05) is 50.2 Å². The predicted octanol–water partition coefficient (Wildman–Crippen LogP) is 6.86. The normalized spacial score (nSPS) is 11.7. The third-order valence-electron chi connectivity index (χ3n) is 6.78. The summed E-state index contributed by atoms with van der Waals surface area (Å²) in [4.78, 5) is 26.1. The van der Waals surface area contributed by atoms with Gasteiger partial charge in [0.05, 0.1) is 13.2 Å². The van der Waals surface area contributed by atoms with Crippen molar-refractivity contribution in [3.05, 3.63) is 95.3 Å². The van der Waals surface area contributed by atoms with Crippen LogP contribution in [0.4, 0.5) is 9.18 Å². The molecule has 1 N–H and O–H groups in total. The van der Waals surface area contributed by atoms with Gasteiger partial charge >= 0.3 is 12.1 Å². The third-order valence-corrected chi connectivity index (χ3v) is 6.78. The van der Waals surface area contributed by atoms with E-state index in [9.17, 15) is 19.1 Å². The molecule has 0 spiro atoms. The highest BCUT2D eigenvalue weighted by molar-refractivity contribution is 5.72. The number of amides is 1. The van der Waals surface area contributed by atoms with Crippen LogP contribution in [0.1, 0.15) is 56.2 Å². The Kier molecular flexibility index (Phi) is 14.0. The van der Waals surface area contributed by atoms with Crippen LogP contribution in [0.2, 0.25) is 0 Å². The second kappa shape index (κ2) is 17.9. The van der Waals surface area contributed by atoms with Gasteiger partial charge in [-0.25, -0.2) is 14.0 Å². The number of hydrogen-bond donors (Lipinski definition) is 1. The van der Waals surface area contributed by atoms with E-state index in [1.54, 1.807) is 48.2 Å². The van der Waals surface area contributed by atoms with Crippen molar-refractivity contribution in [2.75, 3.05) is 32.9 Å². The van der Waals surface area contributed by atoms with Gasteiger partial charge in [0.25, 0.3) is 0 Å². The van der Waals surface area contributed by atoms with Gasteiger partial charge in [0.1, 0.15) is 23.9 Å². The first-order valence-corrected chi connectivity index (χ1v) is 14.7. The van der Waals surface area contributed by atoms with Crippen molar-refractivity contribution < 1.29 is 38.0 Å². The van der Waals surface area contributed by atoms with E-state index in [-0.39, 0.29) is 18.8 Å². The van der Waals surface area contributed by atoms with Crippen LogP contribution in [0.15, 0.2) is 72.8 Å². The first-order chi connectivity index (χ1) is 20.7. The number of benzene rings is 3. The second-order valence-electron chi connectivity index (χ2n) is 10.4. The predicted molar refractivity (Wildman–Crippen MR) is 162 cm³/mol. The largest absolute Gasteiger partial charge is 0.492 e. The lowest BCUT2D eigenvalue weighted by molar-refractivity contribution is -0.149. The Morgan fingerprint density at radius 3 is 2.12 bits per heavy atom. The molecule has 0 radical (unpaired) electrons. The average Bonchev–Trinajstić information content (AvgIpc) is 2.99. The number of carboxylic acid groups (broad SMARTS) is 1. The molecule has 0 aliphatic rings. The first kappa shape index (κ1) is 33.6. The lowest BCUT2D eigenvalue weighted by Crippen LogP contribution is -2.37. The Balaban J connectivity index is 1.51. The molecule has 0 heterocycles. The topological polar surface area (TPSA) is 94.5 Å². The van der Waals surface area contributed by atoms with Gasteiger partial charge in [-0.2, -0.15) is 0 Å². The van der Waals surface area contributed by atoms with E-state index in [1.807, 2.05) is 24.3 Å². The van der Waals surface area contributed by atoms with Crippen molar-refractivity contribution >= 4 is 12.1 Å². The molecule has 8 nitrogen and oxygen atoms in total. The molecule has 0 saturated carbocycles. The lowest BCUT2D eigenvalue weighted by Gasteiger charge is -2.22. The molecule has 0 aliphatic heterocycles. The summed E-state index contributed by atoms with van der Waals surface area (Å²) in [5.41, 5.74) is 2.88. The van der Waals surface area contributed by atoms with Crippen molar-refractivity contribution in [2.24, 2.45) is 0 Å². The number of nitrogens with zero attached hydrogens (tertiary/aromatic N) is 1. The molecule has 1 unspecified atom stereocenters. The van der Waals surface area contributed by atoms with Crippen molar-refractivity contribution in [3.8, 4) is 11.5 Å². The van der Waals surface area contributed by atoms with Crippen molar-refractivity contribution in [2.45, 2.75) is 58.7 Å². The Labute approximate surface area is 253 Å². The minimum Gasteiger partial charge on any atom is -0.492 e. The molecule has 0 saturated heterocycles. The Hall–Kier alpha value is -3.95. The zero-order valence-corrected chi connectivity index (χ0v) is 25.2. The Bertz CT molecular complexity index is 1250. The summed E-state index contributed by atoms with van der Waals surface area (Å²) in [6.45, 7) is 8.21. The van der Waals surface area contributed by atoms with E-state index in [2.05, 4.69) is 13.8 Å². The summed E-state index contributed by atoms with van der Waals surface area (Å²) < 4.78 is 35.6. The number of unbranched alkanes of at least 4 members (excludes halogenated alkanes) is 1. The molecule has 0 aromatic heterocycles. The van der Waals surface area contributed by atoms with Crippen LogP contribution < -0.4 is 9.47 Å². The van der Waals surface area contributed by atoms with Gasteiger partial charge in [-0.3, -0.25) is 0 Å². The summed E-state index contributed by atoms with van der Waals surface area (Å²) in [6.07, 6.45) is 0.333. The summed E-state index contributed by atoms with van der Waals surface area (Å²) in [7, 11) is 0. The van der Waals surface area contributed by atoms with Crippen LogP contribution in [0.25, 0.3) is 0 Å². The van der Waals surface area contributed by atoms with E-state index in [4.69, 9.17) is 18.9 Å². The van der Waals surface area contributed by atoms with Gasteiger partial charge in [0.15, 0.2) is 6.10 Å². The summed E-state index contributed by atoms with van der Waals surface area (Å²) in [5.74, 6) is 0.188. The van der Waals surface area contributed by atoms with Crippen molar-refractivity contribution in [1.29, 1.82) is 0 Å². The highest BCUT2D eigenvalue weighted by atomic mass is 19.1. The maximum absolute atomic E-state index is 13.1. The minimum atomic E-state index is -0.996. The van der Waals surface area contributed by atoms with E-state index in [0.717, 1.165) is 23.1 Å². The molecule has 1 amide bonds. The lowest BCUT2D eigenvalue weighted by atomic mass is 10.0. The minimum absolute atomic E-state index is 0.249. The Morgan fingerprint density at radius 2 is 1.49 bits per heavy atom. The van der Waals surface area contributed by atoms with E-state index in [0.29, 0.717) is 56.7 Å². The molecule has 0 bridgehead atoms. The molecule has 43 heavy (non-hydrogen) atoms. The van der Waals surface area contributed by atoms with Gasteiger partial charge in [-0.05, 0) is 78.8 Å². The van der Waals surface area contributed by atoms with E-state index in [1.165, 1.54) is 12.1 Å². The smallest absolute Gasteiger partial charge is 0.415 e. The monoisotopic (exact) mass is 595 g/mol. The number of hydrogen-bond acceptors (Lipinski definition) is 6. The average molecular weight is 596 g/mol. The maximum Gasteiger partial charge on any atom is 0.415 e. The van der Waals surface area contributed by atoms with Gasteiger partial charge in [0.2, 0.25) is 0 Å². The van der Waals surface area contributed by atoms with Crippen molar-refractivity contribution in [1.82, 2.24) is 4.90 Å². The highest BCUT2D eigenvalue weighted by Gasteiger charge is 2.18. The van der Waals surface area contributed by atoms with Gasteiger partial charge in [-0.15, -0.1) is 0 Å². The van der Waals surface area contributed by atoms with E-state index >= 15 is 0 Å². The molecule has 0 aliphatic carbocycles. The van der Waals surface area contributed by atoms with Crippen LogP contribution in [0, 0.1) is 5.82 Å². The SMILES string of the molecule is CCOC(Cc1ccc(OCCN(CCCCOCc2ccc(F)cc2)C(=O)Oc2ccc(C(C)C)cc2)cc1)C(=O)O. The molecule has 1 atom stereocenters.